The molecular formula is C12H22N4O4. The van der Waals surface area contributed by atoms with E-state index in [4.69, 9.17) is 10.8 Å². The molecule has 1 saturated heterocycles. The van der Waals surface area contributed by atoms with Gasteiger partial charge in [-0.15, -0.1) is 0 Å². The summed E-state index contributed by atoms with van der Waals surface area (Å²) in [6, 6.07) is -1.49. The highest BCUT2D eigenvalue weighted by Crippen LogP contribution is 2.04. The first kappa shape index (κ1) is 16.2. The molecule has 0 spiro atoms. The van der Waals surface area contributed by atoms with Crippen molar-refractivity contribution in [2.75, 3.05) is 33.2 Å². The zero-order valence-corrected chi connectivity index (χ0v) is 11.7. The average Bonchev–Trinajstić information content (AvgIpc) is 2.58. The van der Waals surface area contributed by atoms with Crippen LogP contribution in [0.3, 0.4) is 0 Å². The van der Waals surface area contributed by atoms with Crippen LogP contribution in [0.1, 0.15) is 19.3 Å². The molecule has 0 aromatic heterocycles. The molecule has 20 heavy (non-hydrogen) atoms. The fourth-order valence-electron chi connectivity index (χ4n) is 2.03. The molecule has 1 unspecified atom stereocenters. The van der Waals surface area contributed by atoms with Crippen LogP contribution in [0.4, 0.5) is 4.79 Å². The summed E-state index contributed by atoms with van der Waals surface area (Å²) in [5.41, 5.74) is 4.99. The molecule has 8 heteroatoms. The number of primary amides is 1. The molecule has 1 aliphatic rings. The van der Waals surface area contributed by atoms with Gasteiger partial charge >= 0.3 is 12.0 Å². The number of carbonyl (C=O) groups is 3. The molecule has 0 bridgehead atoms. The molecule has 0 aromatic carbocycles. The Bertz CT molecular complexity index is 374. The van der Waals surface area contributed by atoms with Crippen LogP contribution in [-0.4, -0.2) is 72.1 Å². The lowest BCUT2D eigenvalue weighted by Gasteiger charge is -2.23. The summed E-state index contributed by atoms with van der Waals surface area (Å²) in [5, 5.41) is 11.5. The maximum absolute atomic E-state index is 12.0. The first-order valence-electron chi connectivity index (χ1n) is 6.65. The average molecular weight is 286 g/mol. The number of hydrogen-bond donors (Lipinski definition) is 3. The Labute approximate surface area is 117 Å². The smallest absolute Gasteiger partial charge is 0.326 e. The Hall–Kier alpha value is -1.83. The van der Waals surface area contributed by atoms with Crippen molar-refractivity contribution in [2.24, 2.45) is 5.73 Å². The highest BCUT2D eigenvalue weighted by Gasteiger charge is 2.24. The van der Waals surface area contributed by atoms with Crippen LogP contribution in [0.2, 0.25) is 0 Å². The molecule has 1 fully saturated rings. The second kappa shape index (κ2) is 7.68. The molecular weight excluding hydrogens is 264 g/mol. The summed E-state index contributed by atoms with van der Waals surface area (Å²) in [7, 11) is 1.98. The number of urea groups is 1. The number of rotatable bonds is 5. The van der Waals surface area contributed by atoms with E-state index in [1.54, 1.807) is 4.90 Å². The van der Waals surface area contributed by atoms with Gasteiger partial charge in [-0.25, -0.2) is 9.59 Å². The van der Waals surface area contributed by atoms with E-state index in [1.165, 1.54) is 0 Å². The lowest BCUT2D eigenvalue weighted by atomic mass is 10.1. The third kappa shape index (κ3) is 5.43. The maximum atomic E-state index is 12.0. The number of amides is 3. The highest BCUT2D eigenvalue weighted by atomic mass is 16.4. The summed E-state index contributed by atoms with van der Waals surface area (Å²) in [5.74, 6) is -1.74. The zero-order valence-electron chi connectivity index (χ0n) is 11.7. The van der Waals surface area contributed by atoms with Gasteiger partial charge in [-0.3, -0.25) is 4.79 Å². The van der Waals surface area contributed by atoms with E-state index in [1.807, 2.05) is 7.05 Å². The van der Waals surface area contributed by atoms with Gasteiger partial charge in [-0.1, -0.05) is 0 Å². The number of nitrogens with one attached hydrogen (secondary N) is 1. The number of aliphatic carboxylic acids is 1. The summed E-state index contributed by atoms with van der Waals surface area (Å²) < 4.78 is 0. The van der Waals surface area contributed by atoms with Crippen molar-refractivity contribution in [3.05, 3.63) is 0 Å². The van der Waals surface area contributed by atoms with Crippen molar-refractivity contribution in [3.8, 4) is 0 Å². The lowest BCUT2D eigenvalue weighted by Crippen LogP contribution is -2.49. The number of nitrogens with zero attached hydrogens (tertiary/aromatic N) is 2. The predicted molar refractivity (Wildman–Crippen MR) is 72.1 cm³/mol. The Morgan fingerprint density at radius 2 is 1.95 bits per heavy atom. The number of carboxylic acids is 1. The molecule has 1 aliphatic heterocycles. The van der Waals surface area contributed by atoms with E-state index in [0.29, 0.717) is 13.1 Å². The molecule has 1 atom stereocenters. The van der Waals surface area contributed by atoms with Gasteiger partial charge in [0.1, 0.15) is 6.04 Å². The first-order valence-corrected chi connectivity index (χ1v) is 6.65. The number of nitrogens with two attached hydrogens (primary N) is 1. The number of hydrogen-bond acceptors (Lipinski definition) is 4. The van der Waals surface area contributed by atoms with E-state index >= 15 is 0 Å². The molecule has 0 saturated carbocycles. The standard InChI is InChI=1S/C12H22N4O4/c1-15-5-2-6-16(8-7-15)12(20)14-9(11(18)19)3-4-10(13)17/h9H,2-8H2,1H3,(H2,13,17)(H,14,20)(H,18,19). The second-order valence-electron chi connectivity index (χ2n) is 4.99. The van der Waals surface area contributed by atoms with Crippen molar-refractivity contribution < 1.29 is 19.5 Å². The van der Waals surface area contributed by atoms with Gasteiger partial charge in [-0.2, -0.15) is 0 Å². The molecule has 1 heterocycles. The number of likely N-dealkylation sites (N-methyl/N-ethyl adjacent to an activating group) is 1. The van der Waals surface area contributed by atoms with Gasteiger partial charge in [0.05, 0.1) is 0 Å². The largest absolute Gasteiger partial charge is 0.480 e. The van der Waals surface area contributed by atoms with Crippen LogP contribution in [0.15, 0.2) is 0 Å². The molecule has 114 valence electrons. The third-order valence-electron chi connectivity index (χ3n) is 3.28. The molecule has 1 rings (SSSR count). The van der Waals surface area contributed by atoms with Gasteiger partial charge in [-0.05, 0) is 26.4 Å². The predicted octanol–water partition coefficient (Wildman–Crippen LogP) is -0.948. The van der Waals surface area contributed by atoms with E-state index in [9.17, 15) is 14.4 Å². The third-order valence-corrected chi connectivity index (χ3v) is 3.28. The normalized spacial score (nSPS) is 18.1. The van der Waals surface area contributed by atoms with Gasteiger partial charge in [0.15, 0.2) is 0 Å². The van der Waals surface area contributed by atoms with Crippen molar-refractivity contribution in [1.29, 1.82) is 0 Å². The highest BCUT2D eigenvalue weighted by molar-refractivity contribution is 5.83. The van der Waals surface area contributed by atoms with Crippen LogP contribution in [0.5, 0.6) is 0 Å². The molecule has 8 nitrogen and oxygen atoms in total. The molecule has 0 radical (unpaired) electrons. The van der Waals surface area contributed by atoms with Crippen LogP contribution in [0, 0.1) is 0 Å². The van der Waals surface area contributed by atoms with Crippen molar-refractivity contribution in [3.63, 3.8) is 0 Å². The molecule has 0 aliphatic carbocycles. The Balaban J connectivity index is 2.52. The SMILES string of the molecule is CN1CCCN(C(=O)NC(CCC(N)=O)C(=O)O)CC1. The van der Waals surface area contributed by atoms with E-state index in [0.717, 1.165) is 19.5 Å². The lowest BCUT2D eigenvalue weighted by molar-refractivity contribution is -0.139. The second-order valence-corrected chi connectivity index (χ2v) is 4.99. The number of carboxylic acid groups (broad SMARTS) is 1. The fraction of sp³-hybridized carbons (Fsp3) is 0.750. The Morgan fingerprint density at radius 1 is 1.25 bits per heavy atom. The topological polar surface area (TPSA) is 116 Å². The van der Waals surface area contributed by atoms with E-state index in [-0.39, 0.29) is 12.8 Å². The van der Waals surface area contributed by atoms with Crippen LogP contribution in [0.25, 0.3) is 0 Å². The monoisotopic (exact) mass is 286 g/mol. The van der Waals surface area contributed by atoms with Crippen LogP contribution in [-0.2, 0) is 9.59 Å². The number of carbonyl (C=O) groups excluding carboxylic acids is 2. The van der Waals surface area contributed by atoms with Crippen LogP contribution >= 0.6 is 0 Å². The maximum Gasteiger partial charge on any atom is 0.326 e. The molecule has 4 N–H and O–H groups in total. The summed E-state index contributed by atoms with van der Waals surface area (Å²) >= 11 is 0. The van der Waals surface area contributed by atoms with Crippen molar-refractivity contribution in [1.82, 2.24) is 15.1 Å². The summed E-state index contributed by atoms with van der Waals surface area (Å²) in [6.07, 6.45) is 0.785. The van der Waals surface area contributed by atoms with Gasteiger partial charge in [0, 0.05) is 26.1 Å². The first-order chi connectivity index (χ1) is 9.40. The minimum Gasteiger partial charge on any atom is -0.480 e. The van der Waals surface area contributed by atoms with Crippen LogP contribution < -0.4 is 11.1 Å². The Kier molecular flexibility index (Phi) is 6.23. The molecule has 0 aromatic rings. The molecule has 3 amide bonds. The fourth-order valence-corrected chi connectivity index (χ4v) is 2.03. The van der Waals surface area contributed by atoms with E-state index < -0.39 is 23.9 Å². The Morgan fingerprint density at radius 3 is 2.55 bits per heavy atom. The van der Waals surface area contributed by atoms with Gasteiger partial charge in [0.2, 0.25) is 5.91 Å². The minimum atomic E-state index is -1.16. The van der Waals surface area contributed by atoms with Gasteiger partial charge in [0.25, 0.3) is 0 Å². The summed E-state index contributed by atoms with van der Waals surface area (Å²) in [4.78, 5) is 37.5. The van der Waals surface area contributed by atoms with Gasteiger partial charge < -0.3 is 26.0 Å². The quantitative estimate of drug-likeness (QED) is 0.602. The van der Waals surface area contributed by atoms with E-state index in [2.05, 4.69) is 10.2 Å². The van der Waals surface area contributed by atoms with Crippen molar-refractivity contribution >= 4 is 17.9 Å². The summed E-state index contributed by atoms with van der Waals surface area (Å²) in [6.45, 7) is 2.82. The van der Waals surface area contributed by atoms with Crippen molar-refractivity contribution in [2.45, 2.75) is 25.3 Å². The minimum absolute atomic E-state index is 0.00412. The zero-order chi connectivity index (χ0) is 15.1.